The van der Waals surface area contributed by atoms with Gasteiger partial charge in [-0.1, -0.05) is 24.3 Å². The lowest BCUT2D eigenvalue weighted by Crippen LogP contribution is -2.54. The lowest BCUT2D eigenvalue weighted by atomic mass is 9.90. The summed E-state index contributed by atoms with van der Waals surface area (Å²) in [6.45, 7) is 5.61. The third kappa shape index (κ3) is 6.20. The Labute approximate surface area is 201 Å². The molecule has 7 nitrogen and oxygen atoms in total. The fourth-order valence-corrected chi connectivity index (χ4v) is 3.68. The molecule has 1 amide bonds. The van der Waals surface area contributed by atoms with Gasteiger partial charge in [-0.05, 0) is 42.8 Å². The van der Waals surface area contributed by atoms with Gasteiger partial charge < -0.3 is 14.6 Å². The van der Waals surface area contributed by atoms with Crippen LogP contribution in [0.1, 0.15) is 36.5 Å². The average Bonchev–Trinajstić information content (AvgIpc) is 3.16. The molecule has 0 saturated heterocycles. The summed E-state index contributed by atoms with van der Waals surface area (Å²) in [6.07, 6.45) is -2.93. The predicted molar refractivity (Wildman–Crippen MR) is 125 cm³/mol. The second-order valence-corrected chi connectivity index (χ2v) is 8.01. The number of ether oxygens (including phenoxy) is 2. The van der Waals surface area contributed by atoms with E-state index in [0.717, 1.165) is 6.07 Å². The molecule has 0 spiro atoms. The number of hydrogen-bond donors (Lipinski definition) is 3. The van der Waals surface area contributed by atoms with E-state index in [1.807, 2.05) is 0 Å². The minimum atomic E-state index is -4.50. The molecule has 10 heteroatoms. The van der Waals surface area contributed by atoms with Gasteiger partial charge in [0.05, 0.1) is 12.2 Å². The molecular formula is C25H28F3N3O4. The molecule has 3 N–H and O–H groups in total. The van der Waals surface area contributed by atoms with Gasteiger partial charge in [0.2, 0.25) is 5.90 Å². The molecule has 0 aromatic heterocycles. The zero-order valence-electron chi connectivity index (χ0n) is 19.3. The second-order valence-electron chi connectivity index (χ2n) is 8.01. The highest BCUT2D eigenvalue weighted by Crippen LogP contribution is 2.33. The highest BCUT2D eigenvalue weighted by molar-refractivity contribution is 6.00. The lowest BCUT2D eigenvalue weighted by Gasteiger charge is -2.27. The molecule has 1 aliphatic heterocycles. The number of carbonyl (C=O) groups is 1. The maximum Gasteiger partial charge on any atom is 0.416 e. The Morgan fingerprint density at radius 2 is 1.97 bits per heavy atom. The van der Waals surface area contributed by atoms with Gasteiger partial charge in [0.1, 0.15) is 11.9 Å². The number of aliphatic hydroxyl groups excluding tert-OH is 1. The first-order chi connectivity index (χ1) is 16.7. The topological polar surface area (TPSA) is 92.2 Å². The van der Waals surface area contributed by atoms with Crippen molar-refractivity contribution in [3.05, 3.63) is 77.9 Å². The Morgan fingerprint density at radius 1 is 1.26 bits per heavy atom. The number of nitrogens with one attached hydrogen (secondary N) is 2. The van der Waals surface area contributed by atoms with Crippen LogP contribution in [0.25, 0.3) is 0 Å². The Hall–Kier alpha value is -3.37. The number of nitrogens with zero attached hydrogens (tertiary/aromatic N) is 1. The highest BCUT2D eigenvalue weighted by atomic mass is 19.4. The summed E-state index contributed by atoms with van der Waals surface area (Å²) in [5.41, 5.74) is 3.59. The van der Waals surface area contributed by atoms with Gasteiger partial charge in [0.15, 0.2) is 5.54 Å². The van der Waals surface area contributed by atoms with Crippen molar-refractivity contribution < 1.29 is 32.5 Å². The van der Waals surface area contributed by atoms with Crippen LogP contribution in [0.4, 0.5) is 13.2 Å². The summed E-state index contributed by atoms with van der Waals surface area (Å²) in [5.74, 6) is 0.333. The van der Waals surface area contributed by atoms with Gasteiger partial charge in [0.25, 0.3) is 5.91 Å². The summed E-state index contributed by atoms with van der Waals surface area (Å²) < 4.78 is 51.1. The normalized spacial score (nSPS) is 19.6. The molecule has 3 rings (SSSR count). The molecule has 35 heavy (non-hydrogen) atoms. The van der Waals surface area contributed by atoms with E-state index in [4.69, 9.17) is 14.6 Å². The molecule has 1 heterocycles. The van der Waals surface area contributed by atoms with Gasteiger partial charge >= 0.3 is 6.18 Å². The molecule has 0 fully saturated rings. The van der Waals surface area contributed by atoms with Gasteiger partial charge in [-0.25, -0.2) is 10.4 Å². The van der Waals surface area contributed by atoms with Gasteiger partial charge in [-0.2, -0.15) is 13.2 Å². The van der Waals surface area contributed by atoms with E-state index in [1.54, 1.807) is 37.3 Å². The fourth-order valence-electron chi connectivity index (χ4n) is 3.68. The maximum absolute atomic E-state index is 13.2. The third-order valence-electron chi connectivity index (χ3n) is 5.59. The van der Waals surface area contributed by atoms with Crippen LogP contribution in [0.15, 0.2) is 66.2 Å². The van der Waals surface area contributed by atoms with Crippen LogP contribution in [0.3, 0.4) is 0 Å². The van der Waals surface area contributed by atoms with Crippen molar-refractivity contribution in [2.75, 3.05) is 13.2 Å². The minimum Gasteiger partial charge on any atom is -0.494 e. The SMILES string of the molecule is C=CC[C@]1(C(=O)NNCc2ccccc2C(F)(F)F)N=C(c2ccc(OCCCO)cc2)O[C@H]1C. The number of rotatable bonds is 11. The molecule has 0 saturated carbocycles. The summed E-state index contributed by atoms with van der Waals surface area (Å²) in [5, 5.41) is 8.85. The van der Waals surface area contributed by atoms with E-state index in [0.29, 0.717) is 24.3 Å². The summed E-state index contributed by atoms with van der Waals surface area (Å²) in [4.78, 5) is 17.7. The minimum absolute atomic E-state index is 0.000668. The maximum atomic E-state index is 13.2. The Bertz CT molecular complexity index is 1060. The first-order valence-corrected chi connectivity index (χ1v) is 11.1. The molecule has 188 valence electrons. The van der Waals surface area contributed by atoms with E-state index >= 15 is 0 Å². The predicted octanol–water partition coefficient (Wildman–Crippen LogP) is 3.77. The standard InChI is InChI=1S/C25H28F3N3O4/c1-3-13-24(23(33)31-29-16-19-7-4-5-8-21(19)25(26,27)28)17(2)35-22(30-24)18-9-11-20(12-10-18)34-15-6-14-32/h3-5,7-12,17,29,32H,1,6,13-16H2,2H3,(H,31,33)/t17-,24-/m0/s1. The lowest BCUT2D eigenvalue weighted by molar-refractivity contribution is -0.138. The van der Waals surface area contributed by atoms with Gasteiger partial charge in [-0.15, -0.1) is 6.58 Å². The number of hydrogen-bond acceptors (Lipinski definition) is 6. The monoisotopic (exact) mass is 491 g/mol. The Balaban J connectivity index is 1.72. The smallest absolute Gasteiger partial charge is 0.416 e. The fraction of sp³-hybridized carbons (Fsp3) is 0.360. The number of aliphatic hydroxyl groups is 1. The Morgan fingerprint density at radius 3 is 2.63 bits per heavy atom. The van der Waals surface area contributed by atoms with Crippen LogP contribution >= 0.6 is 0 Å². The first kappa shape index (κ1) is 26.2. The molecule has 0 unspecified atom stereocenters. The zero-order chi connectivity index (χ0) is 25.5. The van der Waals surface area contributed by atoms with Crippen molar-refractivity contribution in [2.24, 2.45) is 4.99 Å². The quantitative estimate of drug-likeness (QED) is 0.253. The van der Waals surface area contributed by atoms with Crippen molar-refractivity contribution in [1.82, 2.24) is 10.9 Å². The van der Waals surface area contributed by atoms with Gasteiger partial charge in [0, 0.05) is 31.6 Å². The number of benzene rings is 2. The van der Waals surface area contributed by atoms with E-state index < -0.39 is 29.3 Å². The average molecular weight is 492 g/mol. The molecule has 2 aromatic carbocycles. The largest absolute Gasteiger partial charge is 0.494 e. The van der Waals surface area contributed by atoms with Crippen molar-refractivity contribution in [3.63, 3.8) is 0 Å². The van der Waals surface area contributed by atoms with Crippen LogP contribution in [0.5, 0.6) is 5.75 Å². The van der Waals surface area contributed by atoms with Crippen LogP contribution in [0, 0.1) is 0 Å². The first-order valence-electron chi connectivity index (χ1n) is 11.1. The number of amides is 1. The van der Waals surface area contributed by atoms with Crippen LogP contribution in [-0.4, -0.2) is 41.8 Å². The molecule has 2 atom stereocenters. The zero-order valence-corrected chi connectivity index (χ0v) is 19.3. The van der Waals surface area contributed by atoms with Crippen molar-refractivity contribution in [2.45, 2.75) is 44.1 Å². The number of carbonyl (C=O) groups excluding carboxylic acids is 1. The van der Waals surface area contributed by atoms with Crippen molar-refractivity contribution in [3.8, 4) is 5.75 Å². The van der Waals surface area contributed by atoms with E-state index in [9.17, 15) is 18.0 Å². The molecule has 2 aromatic rings. The molecule has 0 aliphatic carbocycles. The highest BCUT2D eigenvalue weighted by Gasteiger charge is 2.49. The number of hydrazine groups is 1. The van der Waals surface area contributed by atoms with Crippen LogP contribution in [-0.2, 0) is 22.3 Å². The van der Waals surface area contributed by atoms with Crippen molar-refractivity contribution >= 4 is 11.8 Å². The van der Waals surface area contributed by atoms with Crippen LogP contribution < -0.4 is 15.6 Å². The molecule has 0 bridgehead atoms. The van der Waals surface area contributed by atoms with E-state index in [1.165, 1.54) is 18.2 Å². The number of halogens is 3. The molecule has 1 aliphatic rings. The van der Waals surface area contributed by atoms with E-state index in [-0.39, 0.29) is 31.0 Å². The van der Waals surface area contributed by atoms with Gasteiger partial charge in [-0.3, -0.25) is 10.2 Å². The third-order valence-corrected chi connectivity index (χ3v) is 5.59. The summed E-state index contributed by atoms with van der Waals surface area (Å²) >= 11 is 0. The number of alkyl halides is 3. The summed E-state index contributed by atoms with van der Waals surface area (Å²) in [7, 11) is 0. The van der Waals surface area contributed by atoms with Crippen molar-refractivity contribution in [1.29, 1.82) is 0 Å². The summed E-state index contributed by atoms with van der Waals surface area (Å²) in [6, 6.07) is 12.1. The van der Waals surface area contributed by atoms with E-state index in [2.05, 4.69) is 22.4 Å². The Kier molecular flexibility index (Phi) is 8.52. The second kappa shape index (κ2) is 11.4. The van der Waals surface area contributed by atoms with Crippen LogP contribution in [0.2, 0.25) is 0 Å². The number of aliphatic imine (C=N–C) groups is 1. The molecular weight excluding hydrogens is 463 g/mol. The molecule has 0 radical (unpaired) electrons.